The fourth-order valence-electron chi connectivity index (χ4n) is 7.89. The Bertz CT molecular complexity index is 1120. The molecule has 0 unspecified atom stereocenters. The maximum atomic E-state index is 2.46. The summed E-state index contributed by atoms with van der Waals surface area (Å²) >= 11 is 0. The molecule has 0 saturated carbocycles. The van der Waals surface area contributed by atoms with Crippen LogP contribution in [0.4, 0.5) is 0 Å². The molecule has 3 rings (SSSR count). The molecule has 0 aliphatic carbocycles. The van der Waals surface area contributed by atoms with Crippen LogP contribution in [0.15, 0.2) is 78.9 Å². The topological polar surface area (TPSA) is 0 Å². The first-order valence-electron chi connectivity index (χ1n) is 22.4. The minimum Gasteiger partial charge on any atom is -0.0654 e. The quantitative estimate of drug-likeness (QED) is 0.0436. The molecule has 3 aromatic carbocycles. The van der Waals surface area contributed by atoms with Crippen LogP contribution in [0.1, 0.15) is 205 Å². The SMILES string of the molecule is CCCCCCCCCCCCCCCCc1ccccc1P(c1ccccc1)c1ccccc1CCCCCCCCCCCCCCCC. The molecule has 3 aromatic rings. The number of hydrogen-bond donors (Lipinski definition) is 0. The summed E-state index contributed by atoms with van der Waals surface area (Å²) in [6, 6.07) is 30.4. The lowest BCUT2D eigenvalue weighted by Gasteiger charge is -2.25. The van der Waals surface area contributed by atoms with E-state index in [1.165, 1.54) is 198 Å². The van der Waals surface area contributed by atoms with Gasteiger partial charge in [-0.05, 0) is 60.6 Å². The van der Waals surface area contributed by atoms with Crippen LogP contribution in [0.2, 0.25) is 0 Å². The van der Waals surface area contributed by atoms with Crippen LogP contribution in [0, 0.1) is 0 Å². The Morgan fingerprint density at radius 1 is 0.294 bits per heavy atom. The van der Waals surface area contributed by atoms with Crippen LogP contribution in [0.5, 0.6) is 0 Å². The van der Waals surface area contributed by atoms with Gasteiger partial charge < -0.3 is 0 Å². The van der Waals surface area contributed by atoms with Crippen molar-refractivity contribution >= 4 is 23.8 Å². The summed E-state index contributed by atoms with van der Waals surface area (Å²) in [5.41, 5.74) is 3.16. The average Bonchev–Trinajstić information content (AvgIpc) is 3.16. The molecule has 0 bridgehead atoms. The number of benzene rings is 3. The molecule has 0 aliphatic rings. The number of unbranched alkanes of at least 4 members (excludes halogenated alkanes) is 26. The van der Waals surface area contributed by atoms with Crippen molar-refractivity contribution in [2.45, 2.75) is 206 Å². The minimum absolute atomic E-state index is 0.573. The van der Waals surface area contributed by atoms with E-state index in [2.05, 4.69) is 92.7 Å². The summed E-state index contributed by atoms with van der Waals surface area (Å²) in [4.78, 5) is 0. The monoisotopic (exact) mass is 711 g/mol. The van der Waals surface area contributed by atoms with Gasteiger partial charge >= 0.3 is 0 Å². The summed E-state index contributed by atoms with van der Waals surface area (Å²) in [5, 5.41) is 4.66. The van der Waals surface area contributed by atoms with E-state index < -0.39 is 7.92 Å². The predicted molar refractivity (Wildman–Crippen MR) is 233 cm³/mol. The molecular weight excluding hydrogens is 632 g/mol. The first-order valence-corrected chi connectivity index (χ1v) is 23.7. The van der Waals surface area contributed by atoms with Crippen molar-refractivity contribution in [2.24, 2.45) is 0 Å². The van der Waals surface area contributed by atoms with Crippen molar-refractivity contribution in [2.75, 3.05) is 0 Å². The van der Waals surface area contributed by atoms with Crippen molar-refractivity contribution < 1.29 is 0 Å². The maximum absolute atomic E-state index is 2.46. The molecule has 0 saturated heterocycles. The van der Waals surface area contributed by atoms with E-state index in [4.69, 9.17) is 0 Å². The lowest BCUT2D eigenvalue weighted by molar-refractivity contribution is 0.535. The molecule has 0 amide bonds. The largest absolute Gasteiger partial charge is 0.0654 e. The van der Waals surface area contributed by atoms with E-state index >= 15 is 0 Å². The lowest BCUT2D eigenvalue weighted by Crippen LogP contribution is -2.25. The van der Waals surface area contributed by atoms with Gasteiger partial charge in [-0.25, -0.2) is 0 Å². The summed E-state index contributed by atoms with van der Waals surface area (Å²) in [6.45, 7) is 4.62. The van der Waals surface area contributed by atoms with Gasteiger partial charge in [0, 0.05) is 0 Å². The second-order valence-electron chi connectivity index (χ2n) is 15.6. The van der Waals surface area contributed by atoms with Crippen LogP contribution in [-0.2, 0) is 12.8 Å². The molecule has 0 fully saturated rings. The van der Waals surface area contributed by atoms with Gasteiger partial charge in [0.2, 0.25) is 0 Å². The molecule has 284 valence electrons. The molecule has 1 heteroatoms. The third-order valence-corrected chi connectivity index (χ3v) is 13.7. The maximum Gasteiger partial charge on any atom is -0.0119 e. The van der Waals surface area contributed by atoms with Gasteiger partial charge in [-0.2, -0.15) is 0 Å². The van der Waals surface area contributed by atoms with Gasteiger partial charge in [-0.3, -0.25) is 0 Å². The third-order valence-electron chi connectivity index (χ3n) is 11.1. The highest BCUT2D eigenvalue weighted by molar-refractivity contribution is 7.80. The molecule has 0 aromatic heterocycles. The molecule has 0 atom stereocenters. The van der Waals surface area contributed by atoms with E-state index in [1.54, 1.807) is 21.7 Å². The summed E-state index contributed by atoms with van der Waals surface area (Å²) in [7, 11) is -0.573. The van der Waals surface area contributed by atoms with Crippen LogP contribution >= 0.6 is 7.92 Å². The van der Waals surface area contributed by atoms with E-state index in [9.17, 15) is 0 Å². The zero-order valence-electron chi connectivity index (χ0n) is 33.7. The smallest absolute Gasteiger partial charge is 0.0119 e. The molecule has 0 N–H and O–H groups in total. The fraction of sp³-hybridized carbons (Fsp3) is 0.640. The molecule has 51 heavy (non-hydrogen) atoms. The van der Waals surface area contributed by atoms with E-state index in [1.807, 2.05) is 0 Å². The molecule has 0 heterocycles. The normalized spacial score (nSPS) is 11.5. The van der Waals surface area contributed by atoms with Crippen molar-refractivity contribution in [3.05, 3.63) is 90.0 Å². The molecule has 0 aliphatic heterocycles. The van der Waals surface area contributed by atoms with Gasteiger partial charge in [0.05, 0.1) is 0 Å². The highest BCUT2D eigenvalue weighted by Gasteiger charge is 2.21. The van der Waals surface area contributed by atoms with Gasteiger partial charge in [0.1, 0.15) is 0 Å². The van der Waals surface area contributed by atoms with Crippen molar-refractivity contribution in [3.63, 3.8) is 0 Å². The van der Waals surface area contributed by atoms with E-state index in [0.717, 1.165) is 0 Å². The van der Waals surface area contributed by atoms with E-state index in [-0.39, 0.29) is 0 Å². The van der Waals surface area contributed by atoms with Gasteiger partial charge in [-0.15, -0.1) is 0 Å². The Kier molecular flexibility index (Phi) is 26.0. The zero-order valence-corrected chi connectivity index (χ0v) is 34.6. The van der Waals surface area contributed by atoms with Crippen LogP contribution in [-0.4, -0.2) is 0 Å². The Labute approximate surface area is 319 Å². The Morgan fingerprint density at radius 3 is 0.902 bits per heavy atom. The van der Waals surface area contributed by atoms with Crippen molar-refractivity contribution in [1.29, 1.82) is 0 Å². The zero-order chi connectivity index (χ0) is 35.9. The van der Waals surface area contributed by atoms with E-state index in [0.29, 0.717) is 0 Å². The molecule has 0 nitrogen and oxygen atoms in total. The Morgan fingerprint density at radius 2 is 0.569 bits per heavy atom. The van der Waals surface area contributed by atoms with Gasteiger partial charge in [0.15, 0.2) is 0 Å². The number of hydrogen-bond acceptors (Lipinski definition) is 0. The number of rotatable bonds is 33. The second-order valence-corrected chi connectivity index (χ2v) is 17.8. The highest BCUT2D eigenvalue weighted by atomic mass is 31.1. The highest BCUT2D eigenvalue weighted by Crippen LogP contribution is 2.36. The first-order chi connectivity index (χ1) is 25.3. The summed E-state index contributed by atoms with van der Waals surface area (Å²) < 4.78 is 0. The van der Waals surface area contributed by atoms with Crippen molar-refractivity contribution in [3.8, 4) is 0 Å². The Balaban J connectivity index is 1.43. The summed E-state index contributed by atoms with van der Waals surface area (Å²) in [6.07, 6.45) is 42.2. The van der Waals surface area contributed by atoms with Gasteiger partial charge in [0.25, 0.3) is 0 Å². The lowest BCUT2D eigenvalue weighted by atomic mass is 10.0. The van der Waals surface area contributed by atoms with Crippen LogP contribution in [0.3, 0.4) is 0 Å². The molecular formula is C50H79P. The number of aryl methyl sites for hydroxylation is 2. The van der Waals surface area contributed by atoms with Crippen LogP contribution < -0.4 is 15.9 Å². The first kappa shape index (κ1) is 43.5. The molecule has 0 spiro atoms. The predicted octanol–water partition coefficient (Wildman–Crippen LogP) is 15.5. The van der Waals surface area contributed by atoms with Crippen LogP contribution in [0.25, 0.3) is 0 Å². The fourth-order valence-corrected chi connectivity index (χ4v) is 10.6. The summed E-state index contributed by atoms with van der Waals surface area (Å²) in [5.74, 6) is 0. The standard InChI is InChI=1S/C50H79P/c1-3-5-7-9-11-13-15-17-19-21-23-25-27-30-38-46-40-34-36-44-49(46)51(48-42-32-29-33-43-48)50-45-37-35-41-47(50)39-31-28-26-24-22-20-18-16-14-12-10-8-6-4-2/h29,32-37,40-45H,3-28,30-31,38-39H2,1-2H3. The van der Waals surface area contributed by atoms with Crippen molar-refractivity contribution in [1.82, 2.24) is 0 Å². The van der Waals surface area contributed by atoms with Gasteiger partial charge in [-0.1, -0.05) is 260 Å². The molecule has 0 radical (unpaired) electrons. The second kappa shape index (κ2) is 30.5. The minimum atomic E-state index is -0.573. The third kappa shape index (κ3) is 19.7. The Hall–Kier alpha value is -1.91. The average molecular weight is 711 g/mol.